The standard InChI is InChI=1S/C22H15F3N2O4S/c1-30-20(29)18-11-10-13(31-18)12-32-21-26-16-8-4-2-6-14(16)19(28)27(21)17-9-5-3-7-15(17)22(23,24)25/h2-11H,12H2,1H3. The number of hydrogen-bond donors (Lipinski definition) is 0. The summed E-state index contributed by atoms with van der Waals surface area (Å²) in [4.78, 5) is 29.2. The maximum Gasteiger partial charge on any atom is 0.418 e. The van der Waals surface area contributed by atoms with Crippen LogP contribution in [0.3, 0.4) is 0 Å². The number of para-hydroxylation sites is 2. The highest BCUT2D eigenvalue weighted by atomic mass is 32.2. The first-order valence-electron chi connectivity index (χ1n) is 9.28. The third kappa shape index (κ3) is 4.13. The molecular formula is C22H15F3N2O4S. The number of benzene rings is 2. The lowest BCUT2D eigenvalue weighted by Crippen LogP contribution is -2.24. The van der Waals surface area contributed by atoms with E-state index in [-0.39, 0.29) is 27.7 Å². The Bertz CT molecular complexity index is 1360. The van der Waals surface area contributed by atoms with Gasteiger partial charge in [-0.3, -0.25) is 9.36 Å². The van der Waals surface area contributed by atoms with Crippen LogP contribution in [0.1, 0.15) is 21.9 Å². The van der Waals surface area contributed by atoms with Crippen molar-refractivity contribution in [3.8, 4) is 5.69 Å². The number of furan rings is 1. The van der Waals surface area contributed by atoms with E-state index in [4.69, 9.17) is 4.42 Å². The number of carbonyl (C=O) groups excluding carboxylic acids is 1. The Morgan fingerprint density at radius 1 is 1.09 bits per heavy atom. The zero-order valence-electron chi connectivity index (χ0n) is 16.6. The molecule has 0 atom stereocenters. The molecule has 32 heavy (non-hydrogen) atoms. The van der Waals surface area contributed by atoms with Crippen LogP contribution >= 0.6 is 11.8 Å². The molecule has 0 radical (unpaired) electrons. The second-order valence-corrected chi connectivity index (χ2v) is 7.56. The van der Waals surface area contributed by atoms with E-state index in [0.29, 0.717) is 11.3 Å². The zero-order chi connectivity index (χ0) is 22.9. The van der Waals surface area contributed by atoms with E-state index in [1.807, 2.05) is 0 Å². The summed E-state index contributed by atoms with van der Waals surface area (Å²) in [6, 6.07) is 14.2. The Hall–Kier alpha value is -3.53. The predicted molar refractivity (Wildman–Crippen MR) is 112 cm³/mol. The molecule has 0 aliphatic rings. The number of nitrogens with zero attached hydrogens (tertiary/aromatic N) is 2. The SMILES string of the molecule is COC(=O)c1ccc(CSc2nc3ccccc3c(=O)n2-c2ccccc2C(F)(F)F)o1. The molecule has 0 amide bonds. The molecule has 2 heterocycles. The van der Waals surface area contributed by atoms with Crippen LogP contribution in [0, 0.1) is 0 Å². The number of ether oxygens (including phenoxy) is 1. The quantitative estimate of drug-likeness (QED) is 0.235. The van der Waals surface area contributed by atoms with Crippen molar-refractivity contribution < 1.29 is 27.1 Å². The minimum Gasteiger partial charge on any atom is -0.463 e. The molecule has 0 unspecified atom stereocenters. The Balaban J connectivity index is 1.83. The lowest BCUT2D eigenvalue weighted by atomic mass is 10.1. The molecule has 6 nitrogen and oxygen atoms in total. The monoisotopic (exact) mass is 460 g/mol. The van der Waals surface area contributed by atoms with Gasteiger partial charge in [-0.05, 0) is 36.4 Å². The molecule has 0 saturated heterocycles. The Labute approximate surface area is 183 Å². The van der Waals surface area contributed by atoms with Crippen LogP contribution in [0.15, 0.2) is 75.0 Å². The first-order valence-corrected chi connectivity index (χ1v) is 10.3. The number of alkyl halides is 3. The van der Waals surface area contributed by atoms with Crippen LogP contribution < -0.4 is 5.56 Å². The molecule has 2 aromatic carbocycles. The smallest absolute Gasteiger partial charge is 0.418 e. The van der Waals surface area contributed by atoms with Gasteiger partial charge in [0.05, 0.1) is 35.0 Å². The fraction of sp³-hybridized carbons (Fsp3) is 0.136. The summed E-state index contributed by atoms with van der Waals surface area (Å²) in [5.41, 5.74) is -1.53. The molecule has 4 aromatic rings. The largest absolute Gasteiger partial charge is 0.463 e. The van der Waals surface area contributed by atoms with E-state index in [1.54, 1.807) is 24.3 Å². The van der Waals surface area contributed by atoms with Crippen LogP contribution in [-0.4, -0.2) is 22.6 Å². The molecule has 0 fully saturated rings. The van der Waals surface area contributed by atoms with Crippen LogP contribution in [-0.2, 0) is 16.7 Å². The van der Waals surface area contributed by atoms with Crippen molar-refractivity contribution in [2.45, 2.75) is 17.1 Å². The van der Waals surface area contributed by atoms with Crippen molar-refractivity contribution in [1.29, 1.82) is 0 Å². The van der Waals surface area contributed by atoms with E-state index in [9.17, 15) is 22.8 Å². The molecule has 0 aliphatic carbocycles. The minimum absolute atomic E-state index is 0.00521. The van der Waals surface area contributed by atoms with E-state index < -0.39 is 23.3 Å². The van der Waals surface area contributed by atoms with Crippen molar-refractivity contribution in [2.24, 2.45) is 0 Å². The number of carbonyl (C=O) groups is 1. The number of halogens is 3. The van der Waals surface area contributed by atoms with Gasteiger partial charge >= 0.3 is 12.1 Å². The number of aromatic nitrogens is 2. The average Bonchev–Trinajstić information content (AvgIpc) is 3.26. The Morgan fingerprint density at radius 3 is 2.56 bits per heavy atom. The second-order valence-electron chi connectivity index (χ2n) is 6.61. The van der Waals surface area contributed by atoms with Crippen molar-refractivity contribution in [3.05, 3.63) is 88.1 Å². The summed E-state index contributed by atoms with van der Waals surface area (Å²) in [5.74, 6) is -0.167. The molecule has 4 rings (SSSR count). The zero-order valence-corrected chi connectivity index (χ0v) is 17.4. The molecule has 0 saturated carbocycles. The average molecular weight is 460 g/mol. The molecule has 0 N–H and O–H groups in total. The number of methoxy groups -OCH3 is 1. The van der Waals surface area contributed by atoms with Gasteiger partial charge in [0.2, 0.25) is 5.76 Å². The topological polar surface area (TPSA) is 74.3 Å². The van der Waals surface area contributed by atoms with Crippen LogP contribution in [0.5, 0.6) is 0 Å². The highest BCUT2D eigenvalue weighted by molar-refractivity contribution is 7.98. The van der Waals surface area contributed by atoms with E-state index in [0.717, 1.165) is 22.4 Å². The van der Waals surface area contributed by atoms with Gasteiger partial charge in [0.15, 0.2) is 5.16 Å². The highest BCUT2D eigenvalue weighted by Crippen LogP contribution is 2.35. The first-order chi connectivity index (χ1) is 15.3. The maximum absolute atomic E-state index is 13.7. The van der Waals surface area contributed by atoms with Gasteiger partial charge in [-0.15, -0.1) is 0 Å². The molecule has 0 spiro atoms. The summed E-state index contributed by atoms with van der Waals surface area (Å²) < 4.78 is 52.0. The van der Waals surface area contributed by atoms with E-state index >= 15 is 0 Å². The Kier molecular flexibility index (Phi) is 5.79. The number of esters is 1. The van der Waals surface area contributed by atoms with Crippen molar-refractivity contribution in [3.63, 3.8) is 0 Å². The summed E-state index contributed by atoms with van der Waals surface area (Å²) in [6.07, 6.45) is -4.67. The number of thioether (sulfide) groups is 1. The molecule has 0 bridgehead atoms. The first kappa shape index (κ1) is 21.7. The van der Waals surface area contributed by atoms with Gasteiger partial charge in [0.1, 0.15) is 5.76 Å². The van der Waals surface area contributed by atoms with Crippen molar-refractivity contribution in [2.75, 3.05) is 7.11 Å². The van der Waals surface area contributed by atoms with Crippen LogP contribution in [0.2, 0.25) is 0 Å². The lowest BCUT2D eigenvalue weighted by Gasteiger charge is -2.17. The van der Waals surface area contributed by atoms with Gasteiger partial charge in [0, 0.05) is 0 Å². The maximum atomic E-state index is 13.7. The van der Waals surface area contributed by atoms with Crippen LogP contribution in [0.25, 0.3) is 16.6 Å². The fourth-order valence-electron chi connectivity index (χ4n) is 3.13. The lowest BCUT2D eigenvalue weighted by molar-refractivity contribution is -0.137. The molecular weight excluding hydrogens is 445 g/mol. The summed E-state index contributed by atoms with van der Waals surface area (Å²) >= 11 is 1.01. The third-order valence-corrected chi connectivity index (χ3v) is 5.55. The second kappa shape index (κ2) is 8.54. The van der Waals surface area contributed by atoms with Gasteiger partial charge in [-0.25, -0.2) is 9.78 Å². The van der Waals surface area contributed by atoms with E-state index in [1.165, 1.54) is 37.4 Å². The summed E-state index contributed by atoms with van der Waals surface area (Å²) in [7, 11) is 1.22. The van der Waals surface area contributed by atoms with Crippen molar-refractivity contribution >= 4 is 28.6 Å². The third-order valence-electron chi connectivity index (χ3n) is 4.59. The summed E-state index contributed by atoms with van der Waals surface area (Å²) in [6.45, 7) is 0. The number of fused-ring (bicyclic) bond motifs is 1. The predicted octanol–water partition coefficient (Wildman–Crippen LogP) is 5.08. The molecule has 10 heteroatoms. The van der Waals surface area contributed by atoms with Crippen molar-refractivity contribution in [1.82, 2.24) is 9.55 Å². The van der Waals surface area contributed by atoms with Crippen LogP contribution in [0.4, 0.5) is 13.2 Å². The van der Waals surface area contributed by atoms with Gasteiger partial charge in [0.25, 0.3) is 5.56 Å². The molecule has 2 aromatic heterocycles. The normalized spacial score (nSPS) is 11.6. The number of rotatable bonds is 5. The number of hydrogen-bond acceptors (Lipinski definition) is 6. The van der Waals surface area contributed by atoms with E-state index in [2.05, 4.69) is 9.72 Å². The fourth-order valence-corrected chi connectivity index (χ4v) is 4.03. The Morgan fingerprint density at radius 2 is 1.81 bits per heavy atom. The minimum atomic E-state index is -4.67. The summed E-state index contributed by atoms with van der Waals surface area (Å²) in [5, 5.41) is 0.251. The highest BCUT2D eigenvalue weighted by Gasteiger charge is 2.34. The molecule has 164 valence electrons. The van der Waals surface area contributed by atoms with Gasteiger partial charge in [-0.1, -0.05) is 36.0 Å². The molecule has 0 aliphatic heterocycles. The van der Waals surface area contributed by atoms with Gasteiger partial charge in [-0.2, -0.15) is 13.2 Å². The van der Waals surface area contributed by atoms with Gasteiger partial charge < -0.3 is 9.15 Å².